The van der Waals surface area contributed by atoms with Crippen LogP contribution in [0, 0.1) is 5.82 Å². The first-order valence-corrected chi connectivity index (χ1v) is 6.70. The van der Waals surface area contributed by atoms with Gasteiger partial charge in [0.15, 0.2) is 5.78 Å². The Kier molecular flexibility index (Phi) is 3.40. The Morgan fingerprint density at radius 3 is 2.76 bits per heavy atom. The summed E-state index contributed by atoms with van der Waals surface area (Å²) in [6.45, 7) is 4.35. The molecule has 104 valence electrons. The summed E-state index contributed by atoms with van der Waals surface area (Å²) >= 11 is 0. The Hall–Kier alpha value is -2.68. The van der Waals surface area contributed by atoms with E-state index in [0.29, 0.717) is 17.7 Å². The molecule has 0 fully saturated rings. The molecule has 3 aromatic rings. The van der Waals surface area contributed by atoms with Gasteiger partial charge in [-0.25, -0.2) is 4.39 Å². The molecule has 0 aliphatic carbocycles. The monoisotopic (exact) mass is 279 g/mol. The molecule has 3 heteroatoms. The van der Waals surface area contributed by atoms with Crippen LogP contribution < -0.4 is 0 Å². The third kappa shape index (κ3) is 2.38. The summed E-state index contributed by atoms with van der Waals surface area (Å²) in [6, 6.07) is 13.5. The van der Waals surface area contributed by atoms with Crippen molar-refractivity contribution in [1.82, 2.24) is 4.57 Å². The molecule has 0 aliphatic rings. The molecule has 2 aromatic carbocycles. The van der Waals surface area contributed by atoms with Crippen LogP contribution in [0.25, 0.3) is 10.9 Å². The third-order valence-electron chi connectivity index (χ3n) is 3.45. The number of para-hydroxylation sites is 1. The SMILES string of the molecule is C=CCn1cc(C(=O)c2cccc(F)c2)c2ccccc21. The number of hydrogen-bond donors (Lipinski definition) is 0. The standard InChI is InChI=1S/C18H14FNO/c1-2-10-20-12-16(15-8-3-4-9-17(15)20)18(21)13-6-5-7-14(19)11-13/h2-9,11-12H,1,10H2. The summed E-state index contributed by atoms with van der Waals surface area (Å²) in [5.41, 5.74) is 1.91. The van der Waals surface area contributed by atoms with Crippen LogP contribution in [0.5, 0.6) is 0 Å². The van der Waals surface area contributed by atoms with Gasteiger partial charge in [-0.05, 0) is 18.2 Å². The molecule has 0 saturated heterocycles. The zero-order valence-electron chi connectivity index (χ0n) is 11.4. The molecular formula is C18H14FNO. The Morgan fingerprint density at radius 1 is 1.19 bits per heavy atom. The summed E-state index contributed by atoms with van der Waals surface area (Å²) in [7, 11) is 0. The lowest BCUT2D eigenvalue weighted by Gasteiger charge is -1.99. The lowest BCUT2D eigenvalue weighted by molar-refractivity contribution is 0.103. The number of hydrogen-bond acceptors (Lipinski definition) is 1. The molecule has 21 heavy (non-hydrogen) atoms. The van der Waals surface area contributed by atoms with E-state index in [1.165, 1.54) is 12.1 Å². The fraction of sp³-hybridized carbons (Fsp3) is 0.0556. The van der Waals surface area contributed by atoms with Crippen molar-refractivity contribution in [2.24, 2.45) is 0 Å². The number of nitrogens with zero attached hydrogens (tertiary/aromatic N) is 1. The number of aromatic nitrogens is 1. The number of carbonyl (C=O) groups is 1. The Morgan fingerprint density at radius 2 is 2.00 bits per heavy atom. The van der Waals surface area contributed by atoms with Crippen molar-refractivity contribution in [1.29, 1.82) is 0 Å². The fourth-order valence-corrected chi connectivity index (χ4v) is 2.50. The lowest BCUT2D eigenvalue weighted by Crippen LogP contribution is -2.01. The van der Waals surface area contributed by atoms with Gasteiger partial charge in [-0.3, -0.25) is 4.79 Å². The van der Waals surface area contributed by atoms with Gasteiger partial charge >= 0.3 is 0 Å². The quantitative estimate of drug-likeness (QED) is 0.518. The minimum absolute atomic E-state index is 0.173. The summed E-state index contributed by atoms with van der Waals surface area (Å²) < 4.78 is 15.3. The van der Waals surface area contributed by atoms with Gasteiger partial charge in [0, 0.05) is 34.8 Å². The van der Waals surface area contributed by atoms with E-state index in [-0.39, 0.29) is 5.78 Å². The number of ketones is 1. The van der Waals surface area contributed by atoms with E-state index in [9.17, 15) is 9.18 Å². The van der Waals surface area contributed by atoms with E-state index in [0.717, 1.165) is 10.9 Å². The second-order valence-electron chi connectivity index (χ2n) is 4.84. The first-order chi connectivity index (χ1) is 10.2. The first-order valence-electron chi connectivity index (χ1n) is 6.70. The van der Waals surface area contributed by atoms with Crippen molar-refractivity contribution < 1.29 is 9.18 Å². The topological polar surface area (TPSA) is 22.0 Å². The molecule has 0 unspecified atom stereocenters. The summed E-state index contributed by atoms with van der Waals surface area (Å²) in [4.78, 5) is 12.6. The van der Waals surface area contributed by atoms with Crippen molar-refractivity contribution in [3.8, 4) is 0 Å². The maximum Gasteiger partial charge on any atom is 0.195 e. The van der Waals surface area contributed by atoms with Crippen LogP contribution in [-0.2, 0) is 6.54 Å². The molecule has 0 aliphatic heterocycles. The summed E-state index contributed by atoms with van der Waals surface area (Å²) in [5, 5.41) is 0.869. The molecule has 0 atom stereocenters. The molecule has 3 rings (SSSR count). The highest BCUT2D eigenvalue weighted by molar-refractivity contribution is 6.16. The maximum absolute atomic E-state index is 13.3. The van der Waals surface area contributed by atoms with Crippen LogP contribution >= 0.6 is 0 Å². The predicted octanol–water partition coefficient (Wildman–Crippen LogP) is 4.20. The number of allylic oxidation sites excluding steroid dienone is 1. The van der Waals surface area contributed by atoms with E-state index >= 15 is 0 Å². The van der Waals surface area contributed by atoms with Gasteiger partial charge in [-0.15, -0.1) is 6.58 Å². The zero-order valence-corrected chi connectivity index (χ0v) is 11.4. The third-order valence-corrected chi connectivity index (χ3v) is 3.45. The Balaban J connectivity index is 2.16. The van der Waals surface area contributed by atoms with Crippen molar-refractivity contribution in [3.05, 3.63) is 84.3 Å². The van der Waals surface area contributed by atoms with Gasteiger partial charge in [0.2, 0.25) is 0 Å². The average molecular weight is 279 g/mol. The molecule has 0 amide bonds. The number of halogens is 1. The average Bonchev–Trinajstić information content (AvgIpc) is 2.86. The van der Waals surface area contributed by atoms with Crippen molar-refractivity contribution in [2.45, 2.75) is 6.54 Å². The van der Waals surface area contributed by atoms with Gasteiger partial charge in [-0.2, -0.15) is 0 Å². The lowest BCUT2D eigenvalue weighted by atomic mass is 10.0. The number of fused-ring (bicyclic) bond motifs is 1. The minimum Gasteiger partial charge on any atom is -0.343 e. The maximum atomic E-state index is 13.3. The number of rotatable bonds is 4. The van der Waals surface area contributed by atoms with Crippen LogP contribution in [0.15, 0.2) is 67.4 Å². The van der Waals surface area contributed by atoms with E-state index in [1.807, 2.05) is 28.8 Å². The molecule has 0 N–H and O–H groups in total. The van der Waals surface area contributed by atoms with Gasteiger partial charge in [0.25, 0.3) is 0 Å². The Bertz CT molecular complexity index is 832. The molecule has 0 radical (unpaired) electrons. The molecule has 1 aromatic heterocycles. The van der Waals surface area contributed by atoms with E-state index in [2.05, 4.69) is 6.58 Å². The first kappa shape index (κ1) is 13.3. The number of benzene rings is 2. The second kappa shape index (κ2) is 5.37. The molecular weight excluding hydrogens is 265 g/mol. The van der Waals surface area contributed by atoms with Crippen molar-refractivity contribution in [2.75, 3.05) is 0 Å². The normalized spacial score (nSPS) is 10.7. The molecule has 0 spiro atoms. The zero-order chi connectivity index (χ0) is 14.8. The summed E-state index contributed by atoms with van der Waals surface area (Å²) in [5.74, 6) is -0.579. The molecule has 2 nitrogen and oxygen atoms in total. The highest BCUT2D eigenvalue weighted by Gasteiger charge is 2.16. The van der Waals surface area contributed by atoms with Crippen LogP contribution in [0.4, 0.5) is 4.39 Å². The van der Waals surface area contributed by atoms with Gasteiger partial charge in [0.05, 0.1) is 0 Å². The highest BCUT2D eigenvalue weighted by Crippen LogP contribution is 2.24. The minimum atomic E-state index is -0.407. The van der Waals surface area contributed by atoms with Gasteiger partial charge in [0.1, 0.15) is 5.82 Å². The fourth-order valence-electron chi connectivity index (χ4n) is 2.50. The predicted molar refractivity (Wildman–Crippen MR) is 82.0 cm³/mol. The highest BCUT2D eigenvalue weighted by atomic mass is 19.1. The smallest absolute Gasteiger partial charge is 0.195 e. The molecule has 1 heterocycles. The van der Waals surface area contributed by atoms with Crippen LogP contribution in [0.2, 0.25) is 0 Å². The van der Waals surface area contributed by atoms with E-state index in [1.54, 1.807) is 24.4 Å². The van der Waals surface area contributed by atoms with Crippen molar-refractivity contribution >= 4 is 16.7 Å². The van der Waals surface area contributed by atoms with Gasteiger partial charge < -0.3 is 4.57 Å². The second-order valence-corrected chi connectivity index (χ2v) is 4.84. The largest absolute Gasteiger partial charge is 0.343 e. The van der Waals surface area contributed by atoms with Crippen molar-refractivity contribution in [3.63, 3.8) is 0 Å². The summed E-state index contributed by atoms with van der Waals surface area (Å²) in [6.07, 6.45) is 3.59. The molecule has 0 saturated carbocycles. The van der Waals surface area contributed by atoms with E-state index in [4.69, 9.17) is 0 Å². The van der Waals surface area contributed by atoms with E-state index < -0.39 is 5.82 Å². The molecule has 0 bridgehead atoms. The van der Waals surface area contributed by atoms with Crippen LogP contribution in [-0.4, -0.2) is 10.4 Å². The van der Waals surface area contributed by atoms with Gasteiger partial charge in [-0.1, -0.05) is 36.4 Å². The number of carbonyl (C=O) groups excluding carboxylic acids is 1. The van der Waals surface area contributed by atoms with Crippen LogP contribution in [0.3, 0.4) is 0 Å². The van der Waals surface area contributed by atoms with Crippen LogP contribution in [0.1, 0.15) is 15.9 Å². The Labute approximate surface area is 122 Å².